The zero-order valence-electron chi connectivity index (χ0n) is 10.1. The third-order valence-electron chi connectivity index (χ3n) is 2.64. The smallest absolute Gasteiger partial charge is 0.148 e. The molecular formula is C13H16N2O2. The minimum absolute atomic E-state index is 0.594. The van der Waals surface area contributed by atoms with Gasteiger partial charge in [0.25, 0.3) is 0 Å². The predicted molar refractivity (Wildman–Crippen MR) is 67.6 cm³/mol. The molecule has 0 aliphatic rings. The maximum absolute atomic E-state index is 5.53. The van der Waals surface area contributed by atoms with Crippen LogP contribution in [0.3, 0.4) is 0 Å². The number of rotatable bonds is 4. The quantitative estimate of drug-likeness (QED) is 0.872. The van der Waals surface area contributed by atoms with Crippen LogP contribution in [0.1, 0.15) is 5.69 Å². The van der Waals surface area contributed by atoms with Crippen LogP contribution in [0.25, 0.3) is 10.9 Å². The summed E-state index contributed by atoms with van der Waals surface area (Å²) in [6, 6.07) is 7.77. The molecule has 0 unspecified atom stereocenters. The van der Waals surface area contributed by atoms with E-state index in [1.807, 2.05) is 24.3 Å². The molecule has 2 N–H and O–H groups in total. The standard InChI is InChI=1S/C13H16N2O2/c1-16-11-7-9-3-4-10(5-6-14)15-13(9)12(8-11)17-2/h3-4,7-8H,5-6,14H2,1-2H3. The lowest BCUT2D eigenvalue weighted by atomic mass is 10.1. The Balaban J connectivity index is 2.59. The highest BCUT2D eigenvalue weighted by Gasteiger charge is 2.07. The molecule has 2 aromatic rings. The average Bonchev–Trinajstić information content (AvgIpc) is 2.37. The molecule has 4 nitrogen and oxygen atoms in total. The fraction of sp³-hybridized carbons (Fsp3) is 0.308. The molecule has 1 aromatic heterocycles. The van der Waals surface area contributed by atoms with Gasteiger partial charge in [0.2, 0.25) is 0 Å². The van der Waals surface area contributed by atoms with Gasteiger partial charge in [0.15, 0.2) is 0 Å². The topological polar surface area (TPSA) is 57.4 Å². The molecule has 0 bridgehead atoms. The summed E-state index contributed by atoms with van der Waals surface area (Å²) in [6.07, 6.45) is 0.769. The predicted octanol–water partition coefficient (Wildman–Crippen LogP) is 1.75. The van der Waals surface area contributed by atoms with E-state index in [9.17, 15) is 0 Å². The van der Waals surface area contributed by atoms with Gasteiger partial charge < -0.3 is 15.2 Å². The number of ether oxygens (including phenoxy) is 2. The minimum atomic E-state index is 0.594. The molecule has 0 spiro atoms. The van der Waals surface area contributed by atoms with E-state index in [0.717, 1.165) is 34.5 Å². The molecule has 0 saturated heterocycles. The molecule has 1 aromatic carbocycles. The van der Waals surface area contributed by atoms with E-state index >= 15 is 0 Å². The molecule has 0 fully saturated rings. The van der Waals surface area contributed by atoms with Crippen LogP contribution in [0.4, 0.5) is 0 Å². The van der Waals surface area contributed by atoms with E-state index < -0.39 is 0 Å². The number of aromatic nitrogens is 1. The van der Waals surface area contributed by atoms with Gasteiger partial charge >= 0.3 is 0 Å². The van der Waals surface area contributed by atoms with Crippen molar-refractivity contribution in [2.24, 2.45) is 5.73 Å². The van der Waals surface area contributed by atoms with Crippen LogP contribution in [0.5, 0.6) is 11.5 Å². The summed E-state index contributed by atoms with van der Waals surface area (Å²) in [5.74, 6) is 1.49. The first-order valence-corrected chi connectivity index (χ1v) is 5.50. The van der Waals surface area contributed by atoms with Gasteiger partial charge in [0, 0.05) is 23.6 Å². The molecule has 4 heteroatoms. The molecule has 1 heterocycles. The number of fused-ring (bicyclic) bond motifs is 1. The highest BCUT2D eigenvalue weighted by atomic mass is 16.5. The summed E-state index contributed by atoms with van der Waals surface area (Å²) in [5.41, 5.74) is 7.35. The molecule has 0 saturated carbocycles. The van der Waals surface area contributed by atoms with Gasteiger partial charge in [-0.2, -0.15) is 0 Å². The SMILES string of the molecule is COc1cc(OC)c2nc(CCN)ccc2c1. The highest BCUT2D eigenvalue weighted by molar-refractivity contribution is 5.86. The number of pyridine rings is 1. The lowest BCUT2D eigenvalue weighted by molar-refractivity contribution is 0.397. The van der Waals surface area contributed by atoms with Crippen LogP contribution in [0, 0.1) is 0 Å². The van der Waals surface area contributed by atoms with Crippen molar-refractivity contribution < 1.29 is 9.47 Å². The Bertz CT molecular complexity index is 526. The van der Waals surface area contributed by atoms with Gasteiger partial charge in [-0.15, -0.1) is 0 Å². The van der Waals surface area contributed by atoms with Crippen LogP contribution < -0.4 is 15.2 Å². The number of nitrogens with zero attached hydrogens (tertiary/aromatic N) is 1. The Morgan fingerprint density at radius 1 is 1.18 bits per heavy atom. The first kappa shape index (κ1) is 11.7. The van der Waals surface area contributed by atoms with E-state index in [1.165, 1.54) is 0 Å². The van der Waals surface area contributed by atoms with Gasteiger partial charge in [-0.1, -0.05) is 6.07 Å². The summed E-state index contributed by atoms with van der Waals surface area (Å²) in [7, 11) is 3.27. The van der Waals surface area contributed by atoms with E-state index in [1.54, 1.807) is 14.2 Å². The third kappa shape index (κ3) is 2.31. The number of methoxy groups -OCH3 is 2. The summed E-state index contributed by atoms with van der Waals surface area (Å²) in [5, 5.41) is 1.00. The number of benzene rings is 1. The zero-order valence-corrected chi connectivity index (χ0v) is 10.1. The van der Waals surface area contributed by atoms with Gasteiger partial charge in [0.05, 0.1) is 14.2 Å². The van der Waals surface area contributed by atoms with Crippen LogP contribution >= 0.6 is 0 Å². The summed E-state index contributed by atoms with van der Waals surface area (Å²) >= 11 is 0. The lowest BCUT2D eigenvalue weighted by Crippen LogP contribution is -2.04. The lowest BCUT2D eigenvalue weighted by Gasteiger charge is -2.09. The molecule has 0 atom stereocenters. The Morgan fingerprint density at radius 3 is 2.65 bits per heavy atom. The van der Waals surface area contributed by atoms with Crippen molar-refractivity contribution in [3.05, 3.63) is 30.0 Å². The maximum Gasteiger partial charge on any atom is 0.148 e. The van der Waals surface area contributed by atoms with Crippen LogP contribution in [0.2, 0.25) is 0 Å². The largest absolute Gasteiger partial charge is 0.497 e. The molecule has 0 aliphatic heterocycles. The Hall–Kier alpha value is -1.81. The second-order valence-corrected chi connectivity index (χ2v) is 3.74. The van der Waals surface area contributed by atoms with Crippen molar-refractivity contribution in [1.29, 1.82) is 0 Å². The Morgan fingerprint density at radius 2 is 2.00 bits per heavy atom. The second kappa shape index (κ2) is 5.01. The van der Waals surface area contributed by atoms with E-state index in [4.69, 9.17) is 15.2 Å². The molecular weight excluding hydrogens is 216 g/mol. The molecule has 2 rings (SSSR count). The van der Waals surface area contributed by atoms with Gasteiger partial charge in [-0.3, -0.25) is 0 Å². The Kier molecular flexibility index (Phi) is 3.44. The van der Waals surface area contributed by atoms with E-state index in [-0.39, 0.29) is 0 Å². The summed E-state index contributed by atoms with van der Waals surface area (Å²) in [6.45, 7) is 0.594. The second-order valence-electron chi connectivity index (χ2n) is 3.74. The van der Waals surface area contributed by atoms with E-state index in [2.05, 4.69) is 4.98 Å². The normalized spacial score (nSPS) is 10.5. The average molecular weight is 232 g/mol. The fourth-order valence-electron chi connectivity index (χ4n) is 1.78. The highest BCUT2D eigenvalue weighted by Crippen LogP contribution is 2.29. The summed E-state index contributed by atoms with van der Waals surface area (Å²) in [4.78, 5) is 4.55. The van der Waals surface area contributed by atoms with Crippen LogP contribution in [-0.2, 0) is 6.42 Å². The maximum atomic E-state index is 5.53. The van der Waals surface area contributed by atoms with Crippen molar-refractivity contribution in [3.8, 4) is 11.5 Å². The molecule has 90 valence electrons. The monoisotopic (exact) mass is 232 g/mol. The zero-order chi connectivity index (χ0) is 12.3. The van der Waals surface area contributed by atoms with Gasteiger partial charge in [0.1, 0.15) is 17.0 Å². The van der Waals surface area contributed by atoms with Crippen molar-refractivity contribution in [2.45, 2.75) is 6.42 Å². The van der Waals surface area contributed by atoms with Crippen LogP contribution in [-0.4, -0.2) is 25.7 Å². The Labute approximate surface area is 100 Å². The first-order valence-electron chi connectivity index (χ1n) is 5.50. The first-order chi connectivity index (χ1) is 8.28. The number of nitrogens with two attached hydrogens (primary N) is 1. The number of hydrogen-bond acceptors (Lipinski definition) is 4. The van der Waals surface area contributed by atoms with Crippen LogP contribution in [0.15, 0.2) is 24.3 Å². The fourth-order valence-corrected chi connectivity index (χ4v) is 1.78. The third-order valence-corrected chi connectivity index (χ3v) is 2.64. The molecule has 17 heavy (non-hydrogen) atoms. The van der Waals surface area contributed by atoms with Gasteiger partial charge in [-0.25, -0.2) is 4.98 Å². The van der Waals surface area contributed by atoms with Crippen molar-refractivity contribution in [3.63, 3.8) is 0 Å². The molecule has 0 amide bonds. The van der Waals surface area contributed by atoms with Crippen molar-refractivity contribution >= 4 is 10.9 Å². The molecule has 0 aliphatic carbocycles. The summed E-state index contributed by atoms with van der Waals surface area (Å²) < 4.78 is 10.5. The van der Waals surface area contributed by atoms with E-state index in [0.29, 0.717) is 6.54 Å². The van der Waals surface area contributed by atoms with Gasteiger partial charge in [-0.05, 0) is 18.7 Å². The molecule has 0 radical (unpaired) electrons. The van der Waals surface area contributed by atoms with Crippen molar-refractivity contribution in [2.75, 3.05) is 20.8 Å². The minimum Gasteiger partial charge on any atom is -0.497 e. The number of hydrogen-bond donors (Lipinski definition) is 1. The van der Waals surface area contributed by atoms with Crippen molar-refractivity contribution in [1.82, 2.24) is 4.98 Å².